The van der Waals surface area contributed by atoms with E-state index in [1.807, 2.05) is 0 Å². The molecule has 1 aromatic carbocycles. The first-order chi connectivity index (χ1) is 9.62. The van der Waals surface area contributed by atoms with Crippen molar-refractivity contribution in [3.05, 3.63) is 24.3 Å². The van der Waals surface area contributed by atoms with Gasteiger partial charge in [0, 0.05) is 18.5 Å². The summed E-state index contributed by atoms with van der Waals surface area (Å²) in [4.78, 5) is 11.7. The number of hydrogen-bond donors (Lipinski definition) is 2. The van der Waals surface area contributed by atoms with Crippen LogP contribution in [0.2, 0.25) is 0 Å². The molecule has 0 unspecified atom stereocenters. The third-order valence-corrected chi connectivity index (χ3v) is 5.34. The molecule has 0 aliphatic heterocycles. The van der Waals surface area contributed by atoms with Crippen LogP contribution in [0.5, 0.6) is 5.75 Å². The first-order valence-corrected chi connectivity index (χ1v) is 8.45. The zero-order valence-corrected chi connectivity index (χ0v) is 13.4. The van der Waals surface area contributed by atoms with Gasteiger partial charge in [0.25, 0.3) is 0 Å². The van der Waals surface area contributed by atoms with Crippen molar-refractivity contribution < 1.29 is 17.9 Å². The number of sulfone groups is 1. The Kier molecular flexibility index (Phi) is 5.60. The summed E-state index contributed by atoms with van der Waals surface area (Å²) in [7, 11) is -3.22. The van der Waals surface area contributed by atoms with Gasteiger partial charge in [0.15, 0.2) is 9.84 Å². The van der Waals surface area contributed by atoms with E-state index in [1.54, 1.807) is 38.1 Å². The second-order valence-electron chi connectivity index (χ2n) is 5.48. The Morgan fingerprint density at radius 2 is 1.86 bits per heavy atom. The molecule has 0 atom stereocenters. The number of nitrogen functional groups attached to an aromatic ring is 1. The molecular weight excluding hydrogens is 292 g/mol. The summed E-state index contributed by atoms with van der Waals surface area (Å²) >= 11 is 0. The molecule has 118 valence electrons. The fraction of sp³-hybridized carbons (Fsp3) is 0.500. The first kappa shape index (κ1) is 17.3. The predicted octanol–water partition coefficient (Wildman–Crippen LogP) is 0.977. The van der Waals surface area contributed by atoms with E-state index in [1.165, 1.54) is 0 Å². The molecular formula is C14H22N2O4S. The van der Waals surface area contributed by atoms with Crippen molar-refractivity contribution in [1.82, 2.24) is 5.32 Å². The minimum Gasteiger partial charge on any atom is -0.493 e. The Morgan fingerprint density at radius 1 is 1.29 bits per heavy atom. The van der Waals surface area contributed by atoms with Crippen LogP contribution in [-0.4, -0.2) is 38.5 Å². The average Bonchev–Trinajstić information content (AvgIpc) is 2.37. The van der Waals surface area contributed by atoms with Crippen molar-refractivity contribution in [3.63, 3.8) is 0 Å². The molecule has 1 aromatic rings. The van der Waals surface area contributed by atoms with Gasteiger partial charge in [-0.15, -0.1) is 0 Å². The number of rotatable bonds is 7. The molecule has 6 nitrogen and oxygen atoms in total. The number of nitrogens with two attached hydrogens (primary N) is 1. The highest BCUT2D eigenvalue weighted by Crippen LogP contribution is 2.14. The lowest BCUT2D eigenvalue weighted by Crippen LogP contribution is -2.44. The average molecular weight is 314 g/mol. The Hall–Kier alpha value is -1.76. The number of hydrogen-bond acceptors (Lipinski definition) is 5. The van der Waals surface area contributed by atoms with Crippen LogP contribution in [0.25, 0.3) is 0 Å². The molecule has 1 rings (SSSR count). The van der Waals surface area contributed by atoms with Gasteiger partial charge in [0.2, 0.25) is 5.91 Å². The lowest BCUT2D eigenvalue weighted by molar-refractivity contribution is -0.121. The normalized spacial score (nSPS) is 12.0. The van der Waals surface area contributed by atoms with Gasteiger partial charge in [0.1, 0.15) is 5.75 Å². The number of carbonyl (C=O) groups excluding carboxylic acids is 1. The van der Waals surface area contributed by atoms with Crippen LogP contribution in [0, 0.1) is 0 Å². The van der Waals surface area contributed by atoms with E-state index in [0.717, 1.165) is 6.26 Å². The van der Waals surface area contributed by atoms with Crippen molar-refractivity contribution in [3.8, 4) is 5.75 Å². The van der Waals surface area contributed by atoms with Gasteiger partial charge in [-0.2, -0.15) is 0 Å². The van der Waals surface area contributed by atoms with E-state index in [0.29, 0.717) is 11.4 Å². The van der Waals surface area contributed by atoms with E-state index in [9.17, 15) is 13.2 Å². The number of ether oxygens (including phenoxy) is 1. The minimum absolute atomic E-state index is 0.0759. The van der Waals surface area contributed by atoms with Crippen molar-refractivity contribution in [1.29, 1.82) is 0 Å². The Morgan fingerprint density at radius 3 is 2.38 bits per heavy atom. The molecule has 0 aliphatic rings. The number of carbonyl (C=O) groups is 1. The molecule has 21 heavy (non-hydrogen) atoms. The maximum atomic E-state index is 11.7. The largest absolute Gasteiger partial charge is 0.493 e. The van der Waals surface area contributed by atoms with E-state index < -0.39 is 14.6 Å². The summed E-state index contributed by atoms with van der Waals surface area (Å²) in [6.45, 7) is 3.45. The van der Waals surface area contributed by atoms with Crippen LogP contribution in [-0.2, 0) is 14.6 Å². The van der Waals surface area contributed by atoms with Crippen LogP contribution in [0.3, 0.4) is 0 Å². The number of benzene rings is 1. The molecule has 7 heteroatoms. The first-order valence-electron chi connectivity index (χ1n) is 6.56. The van der Waals surface area contributed by atoms with Crippen LogP contribution in [0.4, 0.5) is 5.69 Å². The third kappa shape index (κ3) is 5.63. The van der Waals surface area contributed by atoms with E-state index in [-0.39, 0.29) is 25.5 Å². The van der Waals surface area contributed by atoms with Gasteiger partial charge in [-0.1, -0.05) is 0 Å². The smallest absolute Gasteiger partial charge is 0.223 e. The molecule has 0 saturated heterocycles. The van der Waals surface area contributed by atoms with Crippen molar-refractivity contribution in [2.45, 2.75) is 25.0 Å². The Bertz CT molecular complexity index is 579. The zero-order valence-electron chi connectivity index (χ0n) is 12.5. The van der Waals surface area contributed by atoms with Crippen LogP contribution in [0.15, 0.2) is 24.3 Å². The predicted molar refractivity (Wildman–Crippen MR) is 82.9 cm³/mol. The summed E-state index contributed by atoms with van der Waals surface area (Å²) in [5.74, 6) is 0.385. The highest BCUT2D eigenvalue weighted by Gasteiger charge is 2.30. The number of amides is 1. The highest BCUT2D eigenvalue weighted by atomic mass is 32.2. The SMILES string of the molecule is CC(C)(CNC(=O)CCOc1ccc(N)cc1)S(C)(=O)=O. The summed E-state index contributed by atoms with van der Waals surface area (Å²) in [6, 6.07) is 6.87. The minimum atomic E-state index is -3.22. The second kappa shape index (κ2) is 6.80. The molecule has 1 amide bonds. The third-order valence-electron chi connectivity index (χ3n) is 3.19. The van der Waals surface area contributed by atoms with Gasteiger partial charge in [-0.25, -0.2) is 8.42 Å². The topological polar surface area (TPSA) is 98.5 Å². The van der Waals surface area contributed by atoms with Crippen LogP contribution < -0.4 is 15.8 Å². The second-order valence-corrected chi connectivity index (χ2v) is 8.13. The zero-order chi connectivity index (χ0) is 16.1. The molecule has 0 heterocycles. The molecule has 0 radical (unpaired) electrons. The van der Waals surface area contributed by atoms with Crippen molar-refractivity contribution >= 4 is 21.4 Å². The van der Waals surface area contributed by atoms with Crippen molar-refractivity contribution in [2.75, 3.05) is 25.1 Å². The lowest BCUT2D eigenvalue weighted by atomic mass is 10.2. The number of anilines is 1. The van der Waals surface area contributed by atoms with Crippen LogP contribution >= 0.6 is 0 Å². The van der Waals surface area contributed by atoms with Gasteiger partial charge in [0.05, 0.1) is 17.8 Å². The van der Waals surface area contributed by atoms with Gasteiger partial charge < -0.3 is 15.8 Å². The summed E-state index contributed by atoms with van der Waals surface area (Å²) in [6.07, 6.45) is 1.31. The lowest BCUT2D eigenvalue weighted by Gasteiger charge is -2.22. The molecule has 0 saturated carbocycles. The fourth-order valence-electron chi connectivity index (χ4n) is 1.36. The quantitative estimate of drug-likeness (QED) is 0.731. The number of nitrogens with one attached hydrogen (secondary N) is 1. The molecule has 0 aromatic heterocycles. The van der Waals surface area contributed by atoms with Gasteiger partial charge in [-0.05, 0) is 38.1 Å². The standard InChI is InChI=1S/C14H22N2O4S/c1-14(2,21(3,18)19)10-16-13(17)8-9-20-12-6-4-11(15)5-7-12/h4-7H,8-10,15H2,1-3H3,(H,16,17). The Labute approximate surface area is 125 Å². The molecule has 0 bridgehead atoms. The maximum Gasteiger partial charge on any atom is 0.223 e. The van der Waals surface area contributed by atoms with Crippen molar-refractivity contribution in [2.24, 2.45) is 0 Å². The van der Waals surface area contributed by atoms with Gasteiger partial charge >= 0.3 is 0 Å². The molecule has 0 spiro atoms. The van der Waals surface area contributed by atoms with E-state index in [2.05, 4.69) is 5.32 Å². The summed E-state index contributed by atoms with van der Waals surface area (Å²) < 4.78 is 27.4. The van der Waals surface area contributed by atoms with E-state index in [4.69, 9.17) is 10.5 Å². The van der Waals surface area contributed by atoms with E-state index >= 15 is 0 Å². The molecule has 0 fully saturated rings. The summed E-state index contributed by atoms with van der Waals surface area (Å²) in [5.41, 5.74) is 6.19. The molecule has 3 N–H and O–H groups in total. The summed E-state index contributed by atoms with van der Waals surface area (Å²) in [5, 5.41) is 2.61. The Balaban J connectivity index is 2.33. The van der Waals surface area contributed by atoms with Gasteiger partial charge in [-0.3, -0.25) is 4.79 Å². The monoisotopic (exact) mass is 314 g/mol. The maximum absolute atomic E-state index is 11.7. The highest BCUT2D eigenvalue weighted by molar-refractivity contribution is 7.92. The fourth-order valence-corrected chi connectivity index (χ4v) is 1.69. The molecule has 0 aliphatic carbocycles. The van der Waals surface area contributed by atoms with Crippen LogP contribution in [0.1, 0.15) is 20.3 Å².